The fourth-order valence-corrected chi connectivity index (χ4v) is 1.60. The first-order valence-corrected chi connectivity index (χ1v) is 5.45. The van der Waals surface area contributed by atoms with E-state index in [0.29, 0.717) is 11.3 Å². The minimum Gasteiger partial charge on any atom is -0.399 e. The van der Waals surface area contributed by atoms with Crippen molar-refractivity contribution in [3.63, 3.8) is 0 Å². The van der Waals surface area contributed by atoms with E-state index in [-0.39, 0.29) is 5.82 Å². The summed E-state index contributed by atoms with van der Waals surface area (Å²) >= 11 is 0. The molecule has 0 spiro atoms. The molecule has 0 unspecified atom stereocenters. The van der Waals surface area contributed by atoms with Crippen LogP contribution in [0.5, 0.6) is 0 Å². The Morgan fingerprint density at radius 2 is 1.71 bits per heavy atom. The quantitative estimate of drug-likeness (QED) is 0.771. The maximum Gasteiger partial charge on any atom is 0.128 e. The summed E-state index contributed by atoms with van der Waals surface area (Å²) in [5.74, 6) is -0.212. The summed E-state index contributed by atoms with van der Waals surface area (Å²) in [7, 11) is 0. The van der Waals surface area contributed by atoms with Crippen molar-refractivity contribution >= 4 is 17.1 Å². The van der Waals surface area contributed by atoms with E-state index in [4.69, 9.17) is 5.73 Å². The molecule has 17 heavy (non-hydrogen) atoms. The highest BCUT2D eigenvalue weighted by Crippen LogP contribution is 2.24. The molecule has 0 radical (unpaired) electrons. The molecular weight excluding hydrogens is 215 g/mol. The van der Waals surface area contributed by atoms with Crippen molar-refractivity contribution in [2.45, 2.75) is 13.8 Å². The molecule has 0 saturated carbocycles. The van der Waals surface area contributed by atoms with E-state index in [2.05, 4.69) is 5.32 Å². The average Bonchev–Trinajstić information content (AvgIpc) is 2.29. The third-order valence-electron chi connectivity index (χ3n) is 2.71. The van der Waals surface area contributed by atoms with Crippen molar-refractivity contribution in [3.05, 3.63) is 53.3 Å². The molecule has 3 heteroatoms. The zero-order valence-electron chi connectivity index (χ0n) is 9.92. The zero-order valence-corrected chi connectivity index (χ0v) is 9.92. The van der Waals surface area contributed by atoms with Crippen LogP contribution >= 0.6 is 0 Å². The number of nitrogens with one attached hydrogen (secondary N) is 1. The Morgan fingerprint density at radius 1 is 1.00 bits per heavy atom. The van der Waals surface area contributed by atoms with Crippen LogP contribution in [-0.4, -0.2) is 0 Å². The number of hydrogen-bond acceptors (Lipinski definition) is 2. The van der Waals surface area contributed by atoms with Gasteiger partial charge >= 0.3 is 0 Å². The van der Waals surface area contributed by atoms with Crippen LogP contribution in [0.15, 0.2) is 36.4 Å². The van der Waals surface area contributed by atoms with Crippen LogP contribution in [0.1, 0.15) is 11.1 Å². The molecule has 2 aromatic carbocycles. The minimum atomic E-state index is -0.212. The van der Waals surface area contributed by atoms with E-state index in [1.807, 2.05) is 31.2 Å². The predicted molar refractivity (Wildman–Crippen MR) is 70.0 cm³/mol. The summed E-state index contributed by atoms with van der Waals surface area (Å²) in [6.45, 7) is 3.72. The molecule has 0 atom stereocenters. The van der Waals surface area contributed by atoms with E-state index < -0.39 is 0 Å². The van der Waals surface area contributed by atoms with Crippen LogP contribution in [0.3, 0.4) is 0 Å². The molecule has 0 aliphatic rings. The molecule has 2 aromatic rings. The van der Waals surface area contributed by atoms with E-state index >= 15 is 0 Å². The van der Waals surface area contributed by atoms with E-state index in [1.54, 1.807) is 13.0 Å². The van der Waals surface area contributed by atoms with Crippen molar-refractivity contribution in [3.8, 4) is 0 Å². The van der Waals surface area contributed by atoms with Crippen LogP contribution in [0, 0.1) is 19.7 Å². The summed E-state index contributed by atoms with van der Waals surface area (Å²) in [6, 6.07) is 10.7. The fourth-order valence-electron chi connectivity index (χ4n) is 1.60. The molecule has 0 amide bonds. The minimum absolute atomic E-state index is 0.212. The number of halogens is 1. The van der Waals surface area contributed by atoms with Crippen molar-refractivity contribution in [2.75, 3.05) is 11.1 Å². The van der Waals surface area contributed by atoms with Crippen LogP contribution < -0.4 is 11.1 Å². The molecule has 0 saturated heterocycles. The van der Waals surface area contributed by atoms with Crippen LogP contribution in [0.2, 0.25) is 0 Å². The van der Waals surface area contributed by atoms with Gasteiger partial charge in [-0.3, -0.25) is 0 Å². The first kappa shape index (κ1) is 11.5. The van der Waals surface area contributed by atoms with Gasteiger partial charge in [-0.1, -0.05) is 12.1 Å². The highest BCUT2D eigenvalue weighted by Gasteiger charge is 2.02. The normalized spacial score (nSPS) is 10.3. The van der Waals surface area contributed by atoms with E-state index in [0.717, 1.165) is 16.9 Å². The summed E-state index contributed by atoms with van der Waals surface area (Å²) in [4.78, 5) is 0. The second-order valence-corrected chi connectivity index (χ2v) is 4.16. The third-order valence-corrected chi connectivity index (χ3v) is 2.71. The van der Waals surface area contributed by atoms with Crippen LogP contribution in [0.4, 0.5) is 21.5 Å². The second kappa shape index (κ2) is 4.45. The van der Waals surface area contributed by atoms with Gasteiger partial charge in [0.25, 0.3) is 0 Å². The monoisotopic (exact) mass is 230 g/mol. The highest BCUT2D eigenvalue weighted by atomic mass is 19.1. The summed E-state index contributed by atoms with van der Waals surface area (Å²) in [6.07, 6.45) is 0. The van der Waals surface area contributed by atoms with Crippen molar-refractivity contribution in [1.82, 2.24) is 0 Å². The molecule has 0 aliphatic heterocycles. The van der Waals surface area contributed by atoms with Crippen molar-refractivity contribution < 1.29 is 4.39 Å². The van der Waals surface area contributed by atoms with Crippen LogP contribution in [0.25, 0.3) is 0 Å². The highest BCUT2D eigenvalue weighted by molar-refractivity contribution is 5.67. The average molecular weight is 230 g/mol. The van der Waals surface area contributed by atoms with Crippen molar-refractivity contribution in [1.29, 1.82) is 0 Å². The van der Waals surface area contributed by atoms with Gasteiger partial charge in [0, 0.05) is 17.1 Å². The lowest BCUT2D eigenvalue weighted by atomic mass is 10.1. The van der Waals surface area contributed by atoms with Gasteiger partial charge < -0.3 is 11.1 Å². The summed E-state index contributed by atoms with van der Waals surface area (Å²) in [5, 5.41) is 3.16. The number of nitrogens with two attached hydrogens (primary N) is 1. The molecule has 0 bridgehead atoms. The second-order valence-electron chi connectivity index (χ2n) is 4.16. The lowest BCUT2D eigenvalue weighted by Crippen LogP contribution is -1.96. The first-order valence-electron chi connectivity index (χ1n) is 5.45. The maximum absolute atomic E-state index is 13.4. The first-order chi connectivity index (χ1) is 8.06. The summed E-state index contributed by atoms with van der Waals surface area (Å²) in [5.41, 5.74) is 9.74. The largest absolute Gasteiger partial charge is 0.399 e. The standard InChI is InChI=1S/C14H15FN2/c1-9-4-6-12(8-13(9)15)17-14-7-11(16)5-3-10(14)2/h3-8,17H,16H2,1-2H3. The van der Waals surface area contributed by atoms with E-state index in [9.17, 15) is 4.39 Å². The van der Waals surface area contributed by atoms with Gasteiger partial charge in [0.05, 0.1) is 0 Å². The maximum atomic E-state index is 13.4. The molecule has 2 nitrogen and oxygen atoms in total. The predicted octanol–water partition coefficient (Wildman–Crippen LogP) is 3.77. The van der Waals surface area contributed by atoms with Gasteiger partial charge in [-0.15, -0.1) is 0 Å². The van der Waals surface area contributed by atoms with Gasteiger partial charge in [0.2, 0.25) is 0 Å². The molecule has 3 N–H and O–H groups in total. The fraction of sp³-hybridized carbons (Fsp3) is 0.143. The van der Waals surface area contributed by atoms with E-state index in [1.165, 1.54) is 6.07 Å². The molecule has 2 rings (SSSR count). The van der Waals surface area contributed by atoms with Gasteiger partial charge in [0.15, 0.2) is 0 Å². The van der Waals surface area contributed by atoms with Gasteiger partial charge in [0.1, 0.15) is 5.82 Å². The Bertz CT molecular complexity index is 550. The third kappa shape index (κ3) is 2.56. The lowest BCUT2D eigenvalue weighted by Gasteiger charge is -2.11. The molecular formula is C14H15FN2. The van der Waals surface area contributed by atoms with Gasteiger partial charge in [-0.05, 0) is 49.2 Å². The Hall–Kier alpha value is -2.03. The number of hydrogen-bond donors (Lipinski definition) is 2. The topological polar surface area (TPSA) is 38.0 Å². The van der Waals surface area contributed by atoms with Crippen LogP contribution in [-0.2, 0) is 0 Å². The number of aryl methyl sites for hydroxylation is 2. The molecule has 88 valence electrons. The number of benzene rings is 2. The number of anilines is 3. The van der Waals surface area contributed by atoms with Gasteiger partial charge in [-0.25, -0.2) is 4.39 Å². The van der Waals surface area contributed by atoms with Gasteiger partial charge in [-0.2, -0.15) is 0 Å². The smallest absolute Gasteiger partial charge is 0.128 e. The molecule has 0 aromatic heterocycles. The van der Waals surface area contributed by atoms with Crippen molar-refractivity contribution in [2.24, 2.45) is 0 Å². The number of nitrogen functional groups attached to an aromatic ring is 1. The molecule has 0 heterocycles. The SMILES string of the molecule is Cc1ccc(Nc2cc(N)ccc2C)cc1F. The Labute approximate surface area is 100 Å². The Balaban J connectivity index is 2.31. The lowest BCUT2D eigenvalue weighted by molar-refractivity contribution is 0.619. The molecule has 0 aliphatic carbocycles. The summed E-state index contributed by atoms with van der Waals surface area (Å²) < 4.78 is 13.4. The Kier molecular flexibility index (Phi) is 3.00. The molecule has 0 fully saturated rings. The number of rotatable bonds is 2. The zero-order chi connectivity index (χ0) is 12.4. The Morgan fingerprint density at radius 3 is 2.41 bits per heavy atom.